The van der Waals surface area contributed by atoms with Gasteiger partial charge in [0.05, 0.1) is 35.3 Å². The second-order valence-electron chi connectivity index (χ2n) is 9.18. The molecule has 0 aliphatic heterocycles. The fraction of sp³-hybridized carbons (Fsp3) is 0.192. The molecule has 0 amide bonds. The number of aliphatic hydroxyl groups is 1. The van der Waals surface area contributed by atoms with Crippen molar-refractivity contribution in [3.63, 3.8) is 0 Å². The number of pyridine rings is 3. The van der Waals surface area contributed by atoms with Crippen molar-refractivity contribution in [2.24, 2.45) is 5.92 Å². The number of halogens is 1. The Bertz CT molecular complexity index is 1740. The number of hydrogen-bond acceptors (Lipinski definition) is 8. The number of nitrogens with one attached hydrogen (secondary N) is 3. The van der Waals surface area contributed by atoms with Gasteiger partial charge in [-0.1, -0.05) is 6.42 Å². The highest BCUT2D eigenvalue weighted by atomic mass is 19.1. The third-order valence-electron chi connectivity index (χ3n) is 6.91. The van der Waals surface area contributed by atoms with E-state index in [-0.39, 0.29) is 22.5 Å². The van der Waals surface area contributed by atoms with Crippen LogP contribution in [-0.4, -0.2) is 46.5 Å². The van der Waals surface area contributed by atoms with E-state index in [0.717, 1.165) is 30.3 Å². The van der Waals surface area contributed by atoms with Crippen LogP contribution in [0.15, 0.2) is 59.9 Å². The Balaban J connectivity index is 1.30. The van der Waals surface area contributed by atoms with Gasteiger partial charge in [-0.15, -0.1) is 0 Å². The Morgan fingerprint density at radius 3 is 2.86 bits per heavy atom. The van der Waals surface area contributed by atoms with Gasteiger partial charge in [0.15, 0.2) is 11.5 Å². The Kier molecular flexibility index (Phi) is 4.96. The molecule has 4 N–H and O–H groups in total. The summed E-state index contributed by atoms with van der Waals surface area (Å²) in [6.45, 7) is 0. The van der Waals surface area contributed by atoms with E-state index >= 15 is 4.39 Å². The first kappa shape index (κ1) is 21.6. The van der Waals surface area contributed by atoms with Crippen molar-refractivity contribution in [2.45, 2.75) is 25.5 Å². The quantitative estimate of drug-likeness (QED) is 0.239. The zero-order valence-corrected chi connectivity index (χ0v) is 19.4. The average molecular weight is 497 g/mol. The maximum Gasteiger partial charge on any atom is 0.184 e. The van der Waals surface area contributed by atoms with E-state index in [1.807, 2.05) is 0 Å². The first-order chi connectivity index (χ1) is 18.2. The molecule has 0 saturated heterocycles. The summed E-state index contributed by atoms with van der Waals surface area (Å²) in [5, 5.41) is 20.8. The van der Waals surface area contributed by atoms with Crippen LogP contribution in [0.1, 0.15) is 19.3 Å². The molecular weight excluding hydrogens is 475 g/mol. The minimum Gasteiger partial charge on any atom is -0.472 e. The smallest absolute Gasteiger partial charge is 0.184 e. The van der Waals surface area contributed by atoms with Gasteiger partial charge in [0, 0.05) is 41.2 Å². The number of anilines is 1. The van der Waals surface area contributed by atoms with E-state index in [2.05, 4.69) is 35.5 Å². The van der Waals surface area contributed by atoms with Gasteiger partial charge in [0.25, 0.3) is 0 Å². The molecule has 6 aromatic heterocycles. The molecule has 1 saturated carbocycles. The summed E-state index contributed by atoms with van der Waals surface area (Å²) in [5.41, 5.74) is 4.81. The van der Waals surface area contributed by atoms with Crippen LogP contribution in [0.2, 0.25) is 0 Å². The minimum atomic E-state index is -0.661. The Morgan fingerprint density at radius 1 is 1.14 bits per heavy atom. The van der Waals surface area contributed by atoms with Crippen molar-refractivity contribution in [3.05, 3.63) is 61.3 Å². The van der Waals surface area contributed by atoms with E-state index in [1.54, 1.807) is 49.3 Å². The monoisotopic (exact) mass is 496 g/mol. The number of hydrogen-bond donors (Lipinski definition) is 4. The zero-order chi connectivity index (χ0) is 24.9. The van der Waals surface area contributed by atoms with E-state index in [4.69, 9.17) is 9.40 Å². The Hall–Kier alpha value is -4.64. The molecule has 0 radical (unpaired) electrons. The number of aromatic amines is 2. The van der Waals surface area contributed by atoms with Gasteiger partial charge in [0.1, 0.15) is 28.9 Å². The number of furan rings is 1. The average Bonchev–Trinajstić information content (AvgIpc) is 3.62. The van der Waals surface area contributed by atoms with Gasteiger partial charge >= 0.3 is 0 Å². The predicted molar refractivity (Wildman–Crippen MR) is 135 cm³/mol. The molecule has 6 heterocycles. The van der Waals surface area contributed by atoms with Crippen LogP contribution in [0.25, 0.3) is 56.0 Å². The fourth-order valence-corrected chi connectivity index (χ4v) is 4.70. The van der Waals surface area contributed by atoms with Gasteiger partial charge in [-0.3, -0.25) is 15.1 Å². The lowest BCUT2D eigenvalue weighted by Crippen LogP contribution is -2.33. The second-order valence-corrected chi connectivity index (χ2v) is 9.18. The molecule has 0 spiro atoms. The van der Waals surface area contributed by atoms with Crippen molar-refractivity contribution in [2.75, 3.05) is 5.32 Å². The standard InChI is InChI=1S/C26H21FN8O2/c27-20-17(15-8-16(10-28-9-15)31-26(36)13-2-1-3-13)11-30-24-19(20)23(34-35-24)25-32-18-4-6-29-21(22(18)33-25)14-5-7-37-12-14/h4-13,26,31,36H,1-3H2,(H,32,33)(H,30,34,35). The summed E-state index contributed by atoms with van der Waals surface area (Å²) in [7, 11) is 0. The van der Waals surface area contributed by atoms with Crippen molar-refractivity contribution in [1.82, 2.24) is 35.1 Å². The van der Waals surface area contributed by atoms with Gasteiger partial charge in [-0.2, -0.15) is 5.10 Å². The van der Waals surface area contributed by atoms with E-state index in [1.165, 1.54) is 6.20 Å². The number of aromatic nitrogens is 7. The molecule has 0 bridgehead atoms. The molecule has 0 aromatic carbocycles. The predicted octanol–water partition coefficient (Wildman–Crippen LogP) is 4.89. The minimum absolute atomic E-state index is 0.210. The van der Waals surface area contributed by atoms with E-state index in [9.17, 15) is 5.11 Å². The highest BCUT2D eigenvalue weighted by molar-refractivity contribution is 5.96. The lowest BCUT2D eigenvalue weighted by Gasteiger charge is -2.31. The summed E-state index contributed by atoms with van der Waals surface area (Å²) in [4.78, 5) is 21.0. The molecule has 6 aromatic rings. The molecule has 1 atom stereocenters. The molecule has 1 unspecified atom stereocenters. The highest BCUT2D eigenvalue weighted by Gasteiger charge is 2.26. The second kappa shape index (κ2) is 8.49. The number of rotatable bonds is 6. The molecule has 11 heteroatoms. The van der Waals surface area contributed by atoms with Gasteiger partial charge < -0.3 is 19.8 Å². The van der Waals surface area contributed by atoms with Gasteiger partial charge in [-0.05, 0) is 31.0 Å². The summed E-state index contributed by atoms with van der Waals surface area (Å²) in [6.07, 6.45) is 11.9. The van der Waals surface area contributed by atoms with Crippen LogP contribution < -0.4 is 5.32 Å². The summed E-state index contributed by atoms with van der Waals surface area (Å²) >= 11 is 0. The van der Waals surface area contributed by atoms with E-state index in [0.29, 0.717) is 34.0 Å². The number of imidazole rings is 1. The lowest BCUT2D eigenvalue weighted by molar-refractivity contribution is 0.0851. The van der Waals surface area contributed by atoms with Crippen molar-refractivity contribution >= 4 is 27.8 Å². The largest absolute Gasteiger partial charge is 0.472 e. The maximum absolute atomic E-state index is 16.0. The number of H-pyrrole nitrogens is 2. The first-order valence-corrected chi connectivity index (χ1v) is 12.0. The van der Waals surface area contributed by atoms with Crippen molar-refractivity contribution < 1.29 is 13.9 Å². The van der Waals surface area contributed by atoms with Crippen LogP contribution in [0.3, 0.4) is 0 Å². The number of nitrogens with zero attached hydrogens (tertiary/aromatic N) is 5. The summed E-state index contributed by atoms with van der Waals surface area (Å²) in [5.74, 6) is 0.131. The van der Waals surface area contributed by atoms with Gasteiger partial charge in [0.2, 0.25) is 0 Å². The maximum atomic E-state index is 16.0. The van der Waals surface area contributed by atoms with Crippen LogP contribution in [-0.2, 0) is 0 Å². The third-order valence-corrected chi connectivity index (χ3v) is 6.91. The fourth-order valence-electron chi connectivity index (χ4n) is 4.70. The Morgan fingerprint density at radius 2 is 2.05 bits per heavy atom. The molecule has 7 rings (SSSR count). The lowest BCUT2D eigenvalue weighted by atomic mass is 9.84. The van der Waals surface area contributed by atoms with Crippen LogP contribution in [0.4, 0.5) is 10.1 Å². The molecule has 184 valence electrons. The topological polar surface area (TPSA) is 141 Å². The zero-order valence-electron chi connectivity index (χ0n) is 19.4. The molecule has 1 fully saturated rings. The number of fused-ring (bicyclic) bond motifs is 2. The summed E-state index contributed by atoms with van der Waals surface area (Å²) in [6, 6.07) is 5.36. The molecule has 1 aliphatic carbocycles. The van der Waals surface area contributed by atoms with Crippen molar-refractivity contribution in [1.29, 1.82) is 0 Å². The highest BCUT2D eigenvalue weighted by Crippen LogP contribution is 2.35. The first-order valence-electron chi connectivity index (χ1n) is 12.0. The normalized spacial score (nSPS) is 14.8. The summed E-state index contributed by atoms with van der Waals surface area (Å²) < 4.78 is 21.2. The Labute approximate surface area is 209 Å². The van der Waals surface area contributed by atoms with Crippen LogP contribution in [0, 0.1) is 11.7 Å². The molecule has 10 nitrogen and oxygen atoms in total. The molecule has 37 heavy (non-hydrogen) atoms. The van der Waals surface area contributed by atoms with Crippen LogP contribution >= 0.6 is 0 Å². The van der Waals surface area contributed by atoms with Gasteiger partial charge in [-0.25, -0.2) is 14.4 Å². The SMILES string of the molecule is OC(Nc1cncc(-c2cnc3n[nH]c(-c4nc5c(-c6ccoc6)nccc5[nH]4)c3c2F)c1)C1CCC1. The van der Waals surface area contributed by atoms with E-state index < -0.39 is 12.0 Å². The van der Waals surface area contributed by atoms with Crippen molar-refractivity contribution in [3.8, 4) is 33.9 Å². The molecule has 1 aliphatic rings. The number of aliphatic hydroxyl groups excluding tert-OH is 1. The van der Waals surface area contributed by atoms with Crippen LogP contribution in [0.5, 0.6) is 0 Å². The molecular formula is C26H21FN8O2. The third kappa shape index (κ3) is 3.62.